The summed E-state index contributed by atoms with van der Waals surface area (Å²) in [5, 5.41) is 0. The van der Waals surface area contributed by atoms with Crippen molar-refractivity contribution in [1.29, 1.82) is 0 Å². The van der Waals surface area contributed by atoms with Crippen LogP contribution < -0.4 is 5.73 Å². The normalized spacial score (nSPS) is 10.8. The minimum Gasteiger partial charge on any atom is -0.330 e. The highest BCUT2D eigenvalue weighted by molar-refractivity contribution is 5.69. The summed E-state index contributed by atoms with van der Waals surface area (Å²) in [4.78, 5) is 0. The van der Waals surface area contributed by atoms with Crippen molar-refractivity contribution < 1.29 is 0 Å². The van der Waals surface area contributed by atoms with E-state index in [0.29, 0.717) is 6.54 Å². The van der Waals surface area contributed by atoms with Gasteiger partial charge in [0.25, 0.3) is 0 Å². The minimum atomic E-state index is -0.0664. The number of hydrogen-bond acceptors (Lipinski definition) is 1. The minimum absolute atomic E-state index is 0.0664. The highest BCUT2D eigenvalue weighted by Crippen LogP contribution is 2.32. The summed E-state index contributed by atoms with van der Waals surface area (Å²) in [6.45, 7) is 8.54. The van der Waals surface area contributed by atoms with Gasteiger partial charge in [0.1, 0.15) is 0 Å². The summed E-state index contributed by atoms with van der Waals surface area (Å²) in [5.41, 5.74) is 10.9. The summed E-state index contributed by atoms with van der Waals surface area (Å²) < 4.78 is 0. The molecule has 1 aromatic carbocycles. The molecule has 0 radical (unpaired) electrons. The second kappa shape index (κ2) is 4.28. The molecule has 0 aliphatic carbocycles. The molecule has 0 saturated carbocycles. The van der Waals surface area contributed by atoms with Gasteiger partial charge in [0.15, 0.2) is 0 Å². The molecule has 14 heavy (non-hydrogen) atoms. The Hall–Kier alpha value is -1.30. The van der Waals surface area contributed by atoms with Gasteiger partial charge in [-0.05, 0) is 5.56 Å². The maximum absolute atomic E-state index is 5.73. The quantitative estimate of drug-likeness (QED) is 0.723. The molecule has 0 bridgehead atoms. The van der Waals surface area contributed by atoms with E-state index >= 15 is 0 Å². The van der Waals surface area contributed by atoms with Gasteiger partial charge < -0.3 is 5.73 Å². The Morgan fingerprint density at radius 2 is 1.93 bits per heavy atom. The number of rotatable bonds is 3. The highest BCUT2D eigenvalue weighted by atomic mass is 14.6. The van der Waals surface area contributed by atoms with Crippen LogP contribution in [0.3, 0.4) is 0 Å². The van der Waals surface area contributed by atoms with Gasteiger partial charge in [-0.3, -0.25) is 0 Å². The first-order valence-corrected chi connectivity index (χ1v) is 4.78. The van der Waals surface area contributed by atoms with Crippen molar-refractivity contribution in [2.24, 2.45) is 11.1 Å². The van der Waals surface area contributed by atoms with Crippen molar-refractivity contribution in [1.82, 2.24) is 0 Å². The highest BCUT2D eigenvalue weighted by Gasteiger charge is 2.22. The van der Waals surface area contributed by atoms with E-state index in [0.717, 1.165) is 11.1 Å². The molecule has 74 valence electrons. The van der Waals surface area contributed by atoms with Crippen LogP contribution in [0.5, 0.6) is 0 Å². The molecule has 1 nitrogen and oxygen atoms in total. The molecule has 1 rings (SSSR count). The van der Waals surface area contributed by atoms with Crippen molar-refractivity contribution in [3.8, 4) is 0 Å². The first-order chi connectivity index (χ1) is 6.61. The number of benzene rings is 1. The molecule has 0 unspecified atom stereocenters. The second-order valence-corrected chi connectivity index (χ2v) is 4.01. The van der Waals surface area contributed by atoms with Crippen LogP contribution in [0.4, 0.5) is 0 Å². The largest absolute Gasteiger partial charge is 0.330 e. The lowest BCUT2D eigenvalue weighted by Gasteiger charge is -2.24. The van der Waals surface area contributed by atoms with Gasteiger partial charge in [-0.25, -0.2) is 0 Å². The smallest absolute Gasteiger partial charge is 0.00980 e. The molecule has 0 aliphatic rings. The predicted molar refractivity (Wildman–Crippen MR) is 61.8 cm³/mol. The lowest BCUT2D eigenvalue weighted by molar-refractivity contribution is 0.516. The third kappa shape index (κ3) is 2.14. The summed E-state index contributed by atoms with van der Waals surface area (Å²) in [6, 6.07) is 10.1. The third-order valence-corrected chi connectivity index (χ3v) is 2.43. The topological polar surface area (TPSA) is 26.0 Å². The van der Waals surface area contributed by atoms with E-state index in [1.54, 1.807) is 0 Å². The lowest BCUT2D eigenvalue weighted by atomic mass is 9.81. The Morgan fingerprint density at radius 3 is 2.36 bits per heavy atom. The Labute approximate surface area is 85.9 Å². The van der Waals surface area contributed by atoms with E-state index in [2.05, 4.69) is 38.3 Å². The SMILES string of the molecule is C=C=C(c1ccccc1)C(C)(C)CN. The molecule has 0 heterocycles. The van der Waals surface area contributed by atoms with Crippen molar-refractivity contribution in [3.05, 3.63) is 48.2 Å². The van der Waals surface area contributed by atoms with Gasteiger partial charge in [-0.15, -0.1) is 5.73 Å². The van der Waals surface area contributed by atoms with E-state index < -0.39 is 0 Å². The van der Waals surface area contributed by atoms with Crippen LogP contribution in [-0.2, 0) is 0 Å². The van der Waals surface area contributed by atoms with Crippen molar-refractivity contribution in [2.75, 3.05) is 6.54 Å². The fourth-order valence-corrected chi connectivity index (χ4v) is 1.44. The zero-order valence-electron chi connectivity index (χ0n) is 8.88. The first-order valence-electron chi connectivity index (χ1n) is 4.78. The van der Waals surface area contributed by atoms with E-state index in [1.807, 2.05) is 18.2 Å². The summed E-state index contributed by atoms with van der Waals surface area (Å²) in [7, 11) is 0. The maximum Gasteiger partial charge on any atom is 0.00980 e. The molecule has 0 fully saturated rings. The van der Waals surface area contributed by atoms with E-state index in [9.17, 15) is 0 Å². The van der Waals surface area contributed by atoms with Crippen LogP contribution >= 0.6 is 0 Å². The number of nitrogens with two attached hydrogens (primary N) is 1. The molecule has 0 saturated heterocycles. The molecule has 0 aliphatic heterocycles. The first kappa shape index (κ1) is 10.8. The van der Waals surface area contributed by atoms with Crippen molar-refractivity contribution in [2.45, 2.75) is 13.8 Å². The molecular formula is C13H17N. The van der Waals surface area contributed by atoms with Crippen LogP contribution in [-0.4, -0.2) is 6.54 Å². The van der Waals surface area contributed by atoms with Crippen LogP contribution in [0.25, 0.3) is 5.57 Å². The summed E-state index contributed by atoms with van der Waals surface area (Å²) in [6.07, 6.45) is 0. The Morgan fingerprint density at radius 1 is 1.36 bits per heavy atom. The average Bonchev–Trinajstić information content (AvgIpc) is 2.20. The molecule has 1 aromatic rings. The van der Waals surface area contributed by atoms with Gasteiger partial charge in [0, 0.05) is 17.5 Å². The number of hydrogen-bond donors (Lipinski definition) is 1. The third-order valence-electron chi connectivity index (χ3n) is 2.43. The van der Waals surface area contributed by atoms with E-state index in [-0.39, 0.29) is 5.41 Å². The molecular weight excluding hydrogens is 170 g/mol. The van der Waals surface area contributed by atoms with Crippen LogP contribution in [0.2, 0.25) is 0 Å². The molecule has 0 spiro atoms. The van der Waals surface area contributed by atoms with Gasteiger partial charge in [0.2, 0.25) is 0 Å². The second-order valence-electron chi connectivity index (χ2n) is 4.01. The molecule has 0 aromatic heterocycles. The maximum atomic E-state index is 5.73. The van der Waals surface area contributed by atoms with Crippen molar-refractivity contribution >= 4 is 5.57 Å². The molecule has 1 heteroatoms. The molecule has 0 amide bonds. The monoisotopic (exact) mass is 187 g/mol. The van der Waals surface area contributed by atoms with Gasteiger partial charge in [-0.1, -0.05) is 50.8 Å². The zero-order chi connectivity index (χ0) is 10.6. The van der Waals surface area contributed by atoms with E-state index in [4.69, 9.17) is 5.73 Å². The Balaban J connectivity index is 3.14. The summed E-state index contributed by atoms with van der Waals surface area (Å²) >= 11 is 0. The molecule has 0 atom stereocenters. The summed E-state index contributed by atoms with van der Waals surface area (Å²) in [5.74, 6) is 0. The van der Waals surface area contributed by atoms with Crippen LogP contribution in [0.15, 0.2) is 42.6 Å². The average molecular weight is 187 g/mol. The fraction of sp³-hybridized carbons (Fsp3) is 0.308. The van der Waals surface area contributed by atoms with Gasteiger partial charge in [0.05, 0.1) is 0 Å². The Bertz CT molecular complexity index is 343. The standard InChI is InChI=1S/C13H17N/c1-4-12(13(2,3)10-14)11-8-6-5-7-9-11/h5-9H,1,10,14H2,2-3H3. The van der Waals surface area contributed by atoms with Crippen LogP contribution in [0.1, 0.15) is 19.4 Å². The predicted octanol–water partition coefficient (Wildman–Crippen LogP) is 2.84. The fourth-order valence-electron chi connectivity index (χ4n) is 1.44. The Kier molecular flexibility index (Phi) is 3.29. The molecule has 2 N–H and O–H groups in total. The lowest BCUT2D eigenvalue weighted by Crippen LogP contribution is -2.24. The van der Waals surface area contributed by atoms with E-state index in [1.165, 1.54) is 0 Å². The van der Waals surface area contributed by atoms with Gasteiger partial charge in [-0.2, -0.15) is 0 Å². The van der Waals surface area contributed by atoms with Gasteiger partial charge >= 0.3 is 0 Å². The zero-order valence-corrected chi connectivity index (χ0v) is 8.88. The van der Waals surface area contributed by atoms with Crippen LogP contribution in [0, 0.1) is 5.41 Å². The van der Waals surface area contributed by atoms with Crippen molar-refractivity contribution in [3.63, 3.8) is 0 Å².